The van der Waals surface area contributed by atoms with Crippen LogP contribution in [0.4, 0.5) is 0 Å². The first kappa shape index (κ1) is 16.0. The Kier molecular flexibility index (Phi) is 6.18. The monoisotopic (exact) mass is 331 g/mol. The van der Waals surface area contributed by atoms with Gasteiger partial charge in [0, 0.05) is 26.7 Å². The fraction of sp³-hybridized carbons (Fsp3) is 0.571. The Bertz CT molecular complexity index is 390. The van der Waals surface area contributed by atoms with Crippen LogP contribution < -0.4 is 5.32 Å². The largest absolute Gasteiger partial charge is 0.395 e. The summed E-state index contributed by atoms with van der Waals surface area (Å²) in [6, 6.07) is 6.39. The molecule has 0 bridgehead atoms. The standard InChI is InChI=1S/C14H22BrNOS/c1-10(9-17)18-13-6-5-11(7-12(13)15)8-16-14(2,3)4/h5-7,10,16-17H,8-9H2,1-4H3. The SMILES string of the molecule is CC(CO)Sc1ccc(CNC(C)(C)C)cc1Br. The molecule has 1 rings (SSSR count). The zero-order valence-corrected chi connectivity index (χ0v) is 13.9. The highest BCUT2D eigenvalue weighted by molar-refractivity contribution is 9.10. The normalized spacial score (nSPS) is 13.7. The van der Waals surface area contributed by atoms with Crippen molar-refractivity contribution in [2.24, 2.45) is 0 Å². The molecule has 0 saturated carbocycles. The van der Waals surface area contributed by atoms with Gasteiger partial charge in [0.2, 0.25) is 0 Å². The number of hydrogen-bond acceptors (Lipinski definition) is 3. The highest BCUT2D eigenvalue weighted by Crippen LogP contribution is 2.31. The van der Waals surface area contributed by atoms with Crippen molar-refractivity contribution in [3.05, 3.63) is 28.2 Å². The zero-order chi connectivity index (χ0) is 13.8. The molecular weight excluding hydrogens is 310 g/mol. The van der Waals surface area contributed by atoms with Crippen LogP contribution in [0.5, 0.6) is 0 Å². The molecule has 4 heteroatoms. The molecule has 1 aromatic carbocycles. The topological polar surface area (TPSA) is 32.3 Å². The smallest absolute Gasteiger partial charge is 0.0550 e. The predicted molar refractivity (Wildman–Crippen MR) is 83.1 cm³/mol. The molecule has 2 N–H and O–H groups in total. The summed E-state index contributed by atoms with van der Waals surface area (Å²) in [4.78, 5) is 1.18. The summed E-state index contributed by atoms with van der Waals surface area (Å²) in [6.45, 7) is 9.57. The van der Waals surface area contributed by atoms with Gasteiger partial charge in [0.1, 0.15) is 0 Å². The van der Waals surface area contributed by atoms with Gasteiger partial charge in [-0.2, -0.15) is 0 Å². The number of benzene rings is 1. The molecule has 0 amide bonds. The summed E-state index contributed by atoms with van der Waals surface area (Å²) in [7, 11) is 0. The molecule has 0 aliphatic rings. The third kappa shape index (κ3) is 5.74. The molecule has 2 nitrogen and oxygen atoms in total. The molecule has 1 aromatic rings. The molecule has 0 aromatic heterocycles. The minimum Gasteiger partial charge on any atom is -0.395 e. The van der Waals surface area contributed by atoms with Crippen molar-refractivity contribution in [2.45, 2.75) is 49.9 Å². The van der Waals surface area contributed by atoms with Crippen molar-refractivity contribution in [1.82, 2.24) is 5.32 Å². The van der Waals surface area contributed by atoms with E-state index in [1.165, 1.54) is 10.5 Å². The van der Waals surface area contributed by atoms with E-state index < -0.39 is 0 Å². The molecule has 0 aliphatic heterocycles. The van der Waals surface area contributed by atoms with E-state index in [0.29, 0.717) is 0 Å². The number of aliphatic hydroxyl groups excluding tert-OH is 1. The first-order valence-corrected chi connectivity index (χ1v) is 7.80. The van der Waals surface area contributed by atoms with Gasteiger partial charge >= 0.3 is 0 Å². The first-order valence-electron chi connectivity index (χ1n) is 6.13. The minimum atomic E-state index is 0.130. The quantitative estimate of drug-likeness (QED) is 0.804. The lowest BCUT2D eigenvalue weighted by atomic mass is 10.1. The number of nitrogens with one attached hydrogen (secondary N) is 1. The van der Waals surface area contributed by atoms with Crippen LogP contribution >= 0.6 is 27.7 Å². The average molecular weight is 332 g/mol. The molecule has 0 spiro atoms. The van der Waals surface area contributed by atoms with E-state index >= 15 is 0 Å². The van der Waals surface area contributed by atoms with Gasteiger partial charge in [-0.3, -0.25) is 0 Å². The lowest BCUT2D eigenvalue weighted by Crippen LogP contribution is -2.35. The molecule has 18 heavy (non-hydrogen) atoms. The summed E-state index contributed by atoms with van der Waals surface area (Å²) < 4.78 is 1.10. The maximum absolute atomic E-state index is 9.07. The second-order valence-electron chi connectivity index (χ2n) is 5.48. The average Bonchev–Trinajstić information content (AvgIpc) is 2.28. The third-order valence-corrected chi connectivity index (χ3v) is 4.48. The molecule has 0 heterocycles. The maximum Gasteiger partial charge on any atom is 0.0550 e. The van der Waals surface area contributed by atoms with Crippen molar-refractivity contribution < 1.29 is 5.11 Å². The van der Waals surface area contributed by atoms with Crippen LogP contribution in [0.15, 0.2) is 27.6 Å². The van der Waals surface area contributed by atoms with E-state index in [2.05, 4.69) is 60.2 Å². The van der Waals surface area contributed by atoms with E-state index in [9.17, 15) is 0 Å². The number of hydrogen-bond donors (Lipinski definition) is 2. The Labute approximate surface area is 123 Å². The van der Waals surface area contributed by atoms with Gasteiger partial charge in [0.15, 0.2) is 0 Å². The van der Waals surface area contributed by atoms with E-state index in [1.54, 1.807) is 11.8 Å². The summed E-state index contributed by atoms with van der Waals surface area (Å²) >= 11 is 5.28. The fourth-order valence-electron chi connectivity index (χ4n) is 1.37. The van der Waals surface area contributed by atoms with Crippen LogP contribution in [0.2, 0.25) is 0 Å². The second-order valence-corrected chi connectivity index (χ2v) is 7.81. The van der Waals surface area contributed by atoms with E-state index in [4.69, 9.17) is 5.11 Å². The van der Waals surface area contributed by atoms with Crippen LogP contribution in [0, 0.1) is 0 Å². The summed E-state index contributed by atoms with van der Waals surface area (Å²) in [5, 5.41) is 12.8. The van der Waals surface area contributed by atoms with Gasteiger partial charge in [0.25, 0.3) is 0 Å². The second kappa shape index (κ2) is 6.94. The Balaban J connectivity index is 2.67. The highest BCUT2D eigenvalue weighted by atomic mass is 79.9. The van der Waals surface area contributed by atoms with Crippen LogP contribution in [0.3, 0.4) is 0 Å². The van der Waals surface area contributed by atoms with E-state index in [1.807, 2.05) is 6.92 Å². The van der Waals surface area contributed by atoms with Crippen LogP contribution in [-0.2, 0) is 6.54 Å². The molecule has 1 unspecified atom stereocenters. The van der Waals surface area contributed by atoms with Gasteiger partial charge in [-0.25, -0.2) is 0 Å². The van der Waals surface area contributed by atoms with Gasteiger partial charge in [-0.05, 0) is 54.4 Å². The van der Waals surface area contributed by atoms with Gasteiger partial charge in [-0.1, -0.05) is 13.0 Å². The number of aliphatic hydroxyl groups is 1. The van der Waals surface area contributed by atoms with Crippen LogP contribution in [0.25, 0.3) is 0 Å². The summed E-state index contributed by atoms with van der Waals surface area (Å²) in [6.07, 6.45) is 0. The molecule has 0 saturated heterocycles. The van der Waals surface area contributed by atoms with Crippen LogP contribution in [-0.4, -0.2) is 22.5 Å². The maximum atomic E-state index is 9.07. The number of rotatable bonds is 5. The minimum absolute atomic E-state index is 0.130. The summed E-state index contributed by atoms with van der Waals surface area (Å²) in [5.74, 6) is 0. The van der Waals surface area contributed by atoms with Gasteiger partial charge in [-0.15, -0.1) is 11.8 Å². The van der Waals surface area contributed by atoms with E-state index in [-0.39, 0.29) is 17.4 Å². The molecule has 0 fully saturated rings. The molecule has 102 valence electrons. The summed E-state index contributed by atoms with van der Waals surface area (Å²) in [5.41, 5.74) is 1.39. The van der Waals surface area contributed by atoms with E-state index in [0.717, 1.165) is 11.0 Å². The number of thioether (sulfide) groups is 1. The molecular formula is C14H22BrNOS. The Morgan fingerprint density at radius 3 is 2.56 bits per heavy atom. The van der Waals surface area contributed by atoms with Gasteiger partial charge in [0.05, 0.1) is 6.61 Å². The van der Waals surface area contributed by atoms with Crippen molar-refractivity contribution in [3.8, 4) is 0 Å². The lowest BCUT2D eigenvalue weighted by molar-refractivity contribution is 0.300. The molecule has 1 atom stereocenters. The zero-order valence-electron chi connectivity index (χ0n) is 11.5. The van der Waals surface area contributed by atoms with Crippen molar-refractivity contribution in [3.63, 3.8) is 0 Å². The Morgan fingerprint density at radius 1 is 1.39 bits per heavy atom. The van der Waals surface area contributed by atoms with Gasteiger partial charge < -0.3 is 10.4 Å². The van der Waals surface area contributed by atoms with Crippen molar-refractivity contribution in [2.75, 3.05) is 6.61 Å². The number of halogens is 1. The molecule has 0 aliphatic carbocycles. The first-order chi connectivity index (χ1) is 8.31. The predicted octanol–water partition coefficient (Wildman–Crippen LogP) is 3.81. The highest BCUT2D eigenvalue weighted by Gasteiger charge is 2.10. The fourth-order valence-corrected chi connectivity index (χ4v) is 2.90. The van der Waals surface area contributed by atoms with Crippen LogP contribution in [0.1, 0.15) is 33.3 Å². The third-order valence-electron chi connectivity index (χ3n) is 2.40. The van der Waals surface area contributed by atoms with Crippen molar-refractivity contribution in [1.29, 1.82) is 0 Å². The Morgan fingerprint density at radius 2 is 2.06 bits per heavy atom. The lowest BCUT2D eigenvalue weighted by Gasteiger charge is -2.21. The Hall–Kier alpha value is -0.0300. The molecule has 0 radical (unpaired) electrons. The van der Waals surface area contributed by atoms with Crippen molar-refractivity contribution >= 4 is 27.7 Å².